The van der Waals surface area contributed by atoms with E-state index in [0.717, 1.165) is 21.2 Å². The lowest BCUT2D eigenvalue weighted by molar-refractivity contribution is -0.386. The molecule has 208 valence electrons. The highest BCUT2D eigenvalue weighted by Gasteiger charge is 2.23. The minimum absolute atomic E-state index is 0.00673. The molecule has 42 heavy (non-hydrogen) atoms. The first-order valence-electron chi connectivity index (χ1n) is 13.0. The van der Waals surface area contributed by atoms with E-state index in [0.29, 0.717) is 27.8 Å². The van der Waals surface area contributed by atoms with Crippen LogP contribution in [0.3, 0.4) is 0 Å². The summed E-state index contributed by atoms with van der Waals surface area (Å²) in [5, 5.41) is 17.7. The molecule has 0 unspecified atom stereocenters. The Bertz CT molecular complexity index is 2010. The van der Waals surface area contributed by atoms with Gasteiger partial charge in [0.15, 0.2) is 11.5 Å². The first-order valence-corrected chi connectivity index (χ1v) is 13.0. The van der Waals surface area contributed by atoms with Crippen LogP contribution >= 0.6 is 0 Å². The molecule has 0 aliphatic heterocycles. The third kappa shape index (κ3) is 5.08. The summed E-state index contributed by atoms with van der Waals surface area (Å²) in [5.74, 6) is 0.678. The summed E-state index contributed by atoms with van der Waals surface area (Å²) >= 11 is 0. The van der Waals surface area contributed by atoms with Crippen molar-refractivity contribution < 1.29 is 18.8 Å². The number of fused-ring (bicyclic) bond motifs is 2. The van der Waals surface area contributed by atoms with Gasteiger partial charge in [0, 0.05) is 17.0 Å². The SMILES string of the molecule is COc1cc(C=Nn2c(-c3cc4ccccc4o3)nc3ccccc3c2=O)cc([N+](=O)[O-])c1OCc1ccc(C)cc1. The minimum Gasteiger partial charge on any atom is -0.493 e. The molecule has 0 amide bonds. The van der Waals surface area contributed by atoms with Crippen LogP contribution in [-0.4, -0.2) is 27.9 Å². The number of hydrogen-bond donors (Lipinski definition) is 0. The van der Waals surface area contributed by atoms with Crippen molar-refractivity contribution in [1.29, 1.82) is 0 Å². The molecule has 0 atom stereocenters. The maximum Gasteiger partial charge on any atom is 0.315 e. The van der Waals surface area contributed by atoms with E-state index in [2.05, 4.69) is 10.1 Å². The number of nitrogens with zero attached hydrogens (tertiary/aromatic N) is 4. The Labute approximate surface area is 239 Å². The fourth-order valence-corrected chi connectivity index (χ4v) is 4.56. The average molecular weight is 561 g/mol. The lowest BCUT2D eigenvalue weighted by Gasteiger charge is -2.12. The van der Waals surface area contributed by atoms with Crippen LogP contribution in [-0.2, 0) is 6.61 Å². The number of para-hydroxylation sites is 2. The van der Waals surface area contributed by atoms with Crippen molar-refractivity contribution >= 4 is 33.8 Å². The van der Waals surface area contributed by atoms with Crippen molar-refractivity contribution in [3.63, 3.8) is 0 Å². The second-order valence-electron chi connectivity index (χ2n) is 9.57. The van der Waals surface area contributed by atoms with Gasteiger partial charge in [-0.2, -0.15) is 9.78 Å². The molecule has 2 heterocycles. The molecule has 6 rings (SSSR count). The number of hydrogen-bond acceptors (Lipinski definition) is 8. The Morgan fingerprint density at radius 2 is 1.79 bits per heavy atom. The van der Waals surface area contributed by atoms with Crippen molar-refractivity contribution in [3.05, 3.63) is 128 Å². The summed E-state index contributed by atoms with van der Waals surface area (Å²) in [6, 6.07) is 26.7. The maximum absolute atomic E-state index is 13.6. The van der Waals surface area contributed by atoms with E-state index in [9.17, 15) is 14.9 Å². The predicted molar refractivity (Wildman–Crippen MR) is 159 cm³/mol. The Kier molecular flexibility index (Phi) is 6.93. The number of rotatable bonds is 8. The monoisotopic (exact) mass is 560 g/mol. The number of aromatic nitrogens is 2. The second-order valence-corrected chi connectivity index (χ2v) is 9.57. The first-order chi connectivity index (χ1) is 20.4. The molecular formula is C32H24N4O6. The summed E-state index contributed by atoms with van der Waals surface area (Å²) in [4.78, 5) is 29.7. The van der Waals surface area contributed by atoms with Crippen LogP contribution in [0.5, 0.6) is 11.5 Å². The topological polar surface area (TPSA) is 122 Å². The molecule has 0 bridgehead atoms. The summed E-state index contributed by atoms with van der Waals surface area (Å²) in [6.45, 7) is 2.09. The molecule has 2 aromatic heterocycles. The molecule has 0 fully saturated rings. The van der Waals surface area contributed by atoms with Gasteiger partial charge in [0.05, 0.1) is 29.2 Å². The highest BCUT2D eigenvalue weighted by Crippen LogP contribution is 2.38. The first kappa shape index (κ1) is 26.5. The molecule has 0 saturated heterocycles. The Hall–Kier alpha value is -5.77. The number of methoxy groups -OCH3 is 1. The molecule has 0 aliphatic rings. The van der Waals surface area contributed by atoms with Gasteiger partial charge in [-0.05, 0) is 42.8 Å². The molecule has 0 N–H and O–H groups in total. The van der Waals surface area contributed by atoms with Crippen molar-refractivity contribution in [2.75, 3.05) is 7.11 Å². The zero-order valence-electron chi connectivity index (χ0n) is 22.7. The number of furan rings is 1. The van der Waals surface area contributed by atoms with Crippen LogP contribution in [0.4, 0.5) is 5.69 Å². The van der Waals surface area contributed by atoms with Gasteiger partial charge in [-0.3, -0.25) is 14.9 Å². The lowest BCUT2D eigenvalue weighted by atomic mass is 10.1. The smallest absolute Gasteiger partial charge is 0.315 e. The fourth-order valence-electron chi connectivity index (χ4n) is 4.56. The van der Waals surface area contributed by atoms with Crippen LogP contribution in [0.1, 0.15) is 16.7 Å². The molecule has 0 radical (unpaired) electrons. The van der Waals surface area contributed by atoms with E-state index in [4.69, 9.17) is 13.9 Å². The van der Waals surface area contributed by atoms with Crippen LogP contribution in [0.25, 0.3) is 33.5 Å². The number of nitro benzene ring substituents is 1. The molecule has 0 saturated carbocycles. The van der Waals surface area contributed by atoms with Gasteiger partial charge < -0.3 is 13.9 Å². The van der Waals surface area contributed by atoms with Crippen LogP contribution in [0, 0.1) is 17.0 Å². The van der Waals surface area contributed by atoms with Gasteiger partial charge in [-0.1, -0.05) is 60.2 Å². The fraction of sp³-hybridized carbons (Fsp3) is 0.0938. The van der Waals surface area contributed by atoms with E-state index < -0.39 is 10.5 Å². The normalized spacial score (nSPS) is 11.4. The van der Waals surface area contributed by atoms with Crippen molar-refractivity contribution in [2.24, 2.45) is 5.10 Å². The average Bonchev–Trinajstić information content (AvgIpc) is 3.44. The van der Waals surface area contributed by atoms with Gasteiger partial charge >= 0.3 is 5.69 Å². The Morgan fingerprint density at radius 3 is 2.55 bits per heavy atom. The zero-order valence-corrected chi connectivity index (χ0v) is 22.7. The number of nitro groups is 1. The summed E-state index contributed by atoms with van der Waals surface area (Å²) in [7, 11) is 1.40. The number of aryl methyl sites for hydroxylation is 1. The van der Waals surface area contributed by atoms with E-state index in [1.54, 1.807) is 36.4 Å². The second kappa shape index (κ2) is 11.0. The quantitative estimate of drug-likeness (QED) is 0.118. The minimum atomic E-state index is -0.548. The van der Waals surface area contributed by atoms with E-state index in [-0.39, 0.29) is 29.6 Å². The van der Waals surface area contributed by atoms with Gasteiger partial charge in [-0.15, -0.1) is 0 Å². The Balaban J connectivity index is 1.43. The standard InChI is InChI=1S/C32H24N4O6/c1-20-11-13-21(14-12-20)19-41-30-26(36(38)39)15-22(16-28(30)40-2)18-33-35-31(29-17-23-7-3-6-10-27(23)42-29)34-25-9-5-4-8-24(25)32(35)37/h3-18H,19H2,1-2H3. The molecular weight excluding hydrogens is 536 g/mol. The van der Waals surface area contributed by atoms with Gasteiger partial charge in [-0.25, -0.2) is 4.98 Å². The number of ether oxygens (including phenoxy) is 2. The van der Waals surface area contributed by atoms with E-state index in [1.165, 1.54) is 19.4 Å². The third-order valence-electron chi connectivity index (χ3n) is 6.70. The molecule has 10 heteroatoms. The summed E-state index contributed by atoms with van der Waals surface area (Å²) in [6.07, 6.45) is 1.34. The molecule has 4 aromatic carbocycles. The Morgan fingerprint density at radius 1 is 1.02 bits per heavy atom. The third-order valence-corrected chi connectivity index (χ3v) is 6.70. The van der Waals surface area contributed by atoms with Gasteiger partial charge in [0.1, 0.15) is 12.2 Å². The van der Waals surface area contributed by atoms with Crippen molar-refractivity contribution in [1.82, 2.24) is 9.66 Å². The predicted octanol–water partition coefficient (Wildman–Crippen LogP) is 6.50. The highest BCUT2D eigenvalue weighted by atomic mass is 16.6. The van der Waals surface area contributed by atoms with Crippen LogP contribution in [0.2, 0.25) is 0 Å². The van der Waals surface area contributed by atoms with Crippen LogP contribution in [0.15, 0.2) is 105 Å². The summed E-state index contributed by atoms with van der Waals surface area (Å²) in [5.41, 5.74) is 2.65. The molecule has 10 nitrogen and oxygen atoms in total. The van der Waals surface area contributed by atoms with Crippen LogP contribution < -0.4 is 15.0 Å². The van der Waals surface area contributed by atoms with Crippen molar-refractivity contribution in [2.45, 2.75) is 13.5 Å². The summed E-state index contributed by atoms with van der Waals surface area (Å²) < 4.78 is 18.4. The van der Waals surface area contributed by atoms with E-state index >= 15 is 0 Å². The van der Waals surface area contributed by atoms with Gasteiger partial charge in [0.2, 0.25) is 11.6 Å². The van der Waals surface area contributed by atoms with E-state index in [1.807, 2.05) is 55.5 Å². The van der Waals surface area contributed by atoms with Crippen molar-refractivity contribution in [3.8, 4) is 23.1 Å². The van der Waals surface area contributed by atoms with Gasteiger partial charge in [0.25, 0.3) is 5.56 Å². The number of benzene rings is 4. The lowest BCUT2D eigenvalue weighted by Crippen LogP contribution is -2.20. The molecule has 6 aromatic rings. The zero-order chi connectivity index (χ0) is 29.2. The molecule has 0 aliphatic carbocycles. The maximum atomic E-state index is 13.6. The molecule has 0 spiro atoms. The highest BCUT2D eigenvalue weighted by molar-refractivity contribution is 5.85. The largest absolute Gasteiger partial charge is 0.493 e.